The summed E-state index contributed by atoms with van der Waals surface area (Å²) in [4.78, 5) is 16.6. The lowest BCUT2D eigenvalue weighted by atomic mass is 10.0. The molecule has 2 heterocycles. The maximum Gasteiger partial charge on any atom is 0.210 e. The zero-order valence-electron chi connectivity index (χ0n) is 16.5. The number of rotatable bonds is 7. The third-order valence-electron chi connectivity index (χ3n) is 4.90. The second-order valence-electron chi connectivity index (χ2n) is 6.90. The van der Waals surface area contributed by atoms with E-state index in [0.717, 1.165) is 23.1 Å². The van der Waals surface area contributed by atoms with E-state index in [1.54, 1.807) is 24.4 Å². The van der Waals surface area contributed by atoms with Crippen LogP contribution < -0.4 is 4.74 Å². The molecule has 0 amide bonds. The van der Waals surface area contributed by atoms with Gasteiger partial charge in [-0.1, -0.05) is 12.1 Å². The molecule has 0 saturated carbocycles. The van der Waals surface area contributed by atoms with Crippen molar-refractivity contribution in [2.45, 2.75) is 22.6 Å². The number of sulfone groups is 1. The van der Waals surface area contributed by atoms with Gasteiger partial charge in [-0.05, 0) is 42.3 Å². The molecule has 158 valence electrons. The number of ether oxygens (including phenoxy) is 1. The number of Topliss-reactive ketones (excluding diaryl/α,β-unsaturated/α-hetero) is 1. The standard InChI is InChI=1S/C22H18FN3O4S/c1-30-20-11-17(23)5-9-21(20)31(28,29)18-6-2-14(3-7-18)4-8-19(27)15-10-16-13-25-26-22(16)24-12-15/h2-3,5-7,9-13H,4,8H2,1H3,(H,24,25,26). The van der Waals surface area contributed by atoms with Crippen molar-refractivity contribution >= 4 is 26.7 Å². The molecule has 0 spiro atoms. The number of nitrogens with one attached hydrogen (secondary N) is 1. The Hall–Kier alpha value is -3.59. The Kier molecular flexibility index (Phi) is 5.51. The Morgan fingerprint density at radius 1 is 1.10 bits per heavy atom. The Balaban J connectivity index is 1.48. The van der Waals surface area contributed by atoms with Crippen molar-refractivity contribution < 1.29 is 22.3 Å². The van der Waals surface area contributed by atoms with Gasteiger partial charge < -0.3 is 4.74 Å². The number of carbonyl (C=O) groups excluding carboxylic acids is 1. The molecule has 0 aliphatic carbocycles. The molecule has 2 aromatic carbocycles. The number of fused-ring (bicyclic) bond motifs is 1. The summed E-state index contributed by atoms with van der Waals surface area (Å²) >= 11 is 0. The number of H-pyrrole nitrogens is 1. The van der Waals surface area contributed by atoms with E-state index in [2.05, 4.69) is 15.2 Å². The highest BCUT2D eigenvalue weighted by molar-refractivity contribution is 7.91. The smallest absolute Gasteiger partial charge is 0.210 e. The van der Waals surface area contributed by atoms with Crippen LogP contribution in [0.3, 0.4) is 0 Å². The van der Waals surface area contributed by atoms with Crippen LogP contribution in [0.15, 0.2) is 70.7 Å². The molecule has 0 fully saturated rings. The number of pyridine rings is 1. The molecule has 0 unspecified atom stereocenters. The topological polar surface area (TPSA) is 102 Å². The van der Waals surface area contributed by atoms with Gasteiger partial charge in [0.15, 0.2) is 11.4 Å². The second-order valence-corrected chi connectivity index (χ2v) is 8.82. The highest BCUT2D eigenvalue weighted by Crippen LogP contribution is 2.30. The Morgan fingerprint density at radius 3 is 2.61 bits per heavy atom. The minimum absolute atomic E-state index is 0.0575. The van der Waals surface area contributed by atoms with E-state index in [1.165, 1.54) is 31.5 Å². The first-order valence-electron chi connectivity index (χ1n) is 9.38. The highest BCUT2D eigenvalue weighted by atomic mass is 32.2. The molecule has 7 nitrogen and oxygen atoms in total. The fourth-order valence-electron chi connectivity index (χ4n) is 3.22. The summed E-state index contributed by atoms with van der Waals surface area (Å²) in [5.74, 6) is -0.709. The third-order valence-corrected chi connectivity index (χ3v) is 6.71. The number of nitrogens with zero attached hydrogens (tertiary/aromatic N) is 2. The van der Waals surface area contributed by atoms with Gasteiger partial charge in [0, 0.05) is 29.6 Å². The lowest BCUT2D eigenvalue weighted by molar-refractivity contribution is 0.0982. The summed E-state index contributed by atoms with van der Waals surface area (Å²) in [6.45, 7) is 0. The normalized spacial score (nSPS) is 11.5. The van der Waals surface area contributed by atoms with Gasteiger partial charge in [0.2, 0.25) is 9.84 Å². The van der Waals surface area contributed by atoms with E-state index < -0.39 is 15.7 Å². The highest BCUT2D eigenvalue weighted by Gasteiger charge is 2.22. The molecule has 0 atom stereocenters. The summed E-state index contributed by atoms with van der Waals surface area (Å²) in [5.41, 5.74) is 1.93. The monoisotopic (exact) mass is 439 g/mol. The summed E-state index contributed by atoms with van der Waals surface area (Å²) in [7, 11) is -2.60. The van der Waals surface area contributed by atoms with Crippen LogP contribution in [0, 0.1) is 5.82 Å². The van der Waals surface area contributed by atoms with E-state index in [9.17, 15) is 17.6 Å². The van der Waals surface area contributed by atoms with Crippen molar-refractivity contribution in [1.29, 1.82) is 0 Å². The predicted octanol–water partition coefficient (Wildman–Crippen LogP) is 3.75. The molecule has 0 saturated heterocycles. The molecule has 2 aromatic heterocycles. The first-order chi connectivity index (χ1) is 14.9. The summed E-state index contributed by atoms with van der Waals surface area (Å²) in [6.07, 6.45) is 3.81. The second kappa shape index (κ2) is 8.27. The third kappa shape index (κ3) is 4.17. The van der Waals surface area contributed by atoms with E-state index >= 15 is 0 Å². The Bertz CT molecular complexity index is 1370. The average molecular weight is 439 g/mol. The molecule has 0 bridgehead atoms. The number of halogens is 1. The van der Waals surface area contributed by atoms with Crippen molar-refractivity contribution in [3.63, 3.8) is 0 Å². The zero-order chi connectivity index (χ0) is 22.0. The van der Waals surface area contributed by atoms with Crippen LogP contribution in [0.5, 0.6) is 5.75 Å². The first kappa shape index (κ1) is 20.7. The SMILES string of the molecule is COc1cc(F)ccc1S(=O)(=O)c1ccc(CCC(=O)c2cnc3[nH]ncc3c2)cc1. The molecule has 4 aromatic rings. The molecule has 9 heteroatoms. The minimum atomic E-state index is -3.88. The minimum Gasteiger partial charge on any atom is -0.495 e. The maximum atomic E-state index is 13.4. The number of aromatic amines is 1. The van der Waals surface area contributed by atoms with Crippen molar-refractivity contribution in [3.05, 3.63) is 77.9 Å². The van der Waals surface area contributed by atoms with E-state index in [1.807, 2.05) is 0 Å². The lowest BCUT2D eigenvalue weighted by Crippen LogP contribution is -2.05. The summed E-state index contributed by atoms with van der Waals surface area (Å²) in [5, 5.41) is 7.38. The lowest BCUT2D eigenvalue weighted by Gasteiger charge is -2.10. The Labute approximate surface area is 177 Å². The van der Waals surface area contributed by atoms with Gasteiger partial charge in [-0.3, -0.25) is 9.89 Å². The van der Waals surface area contributed by atoms with Crippen molar-refractivity contribution in [3.8, 4) is 5.75 Å². The number of carbonyl (C=O) groups is 1. The fourth-order valence-corrected chi connectivity index (χ4v) is 4.62. The first-order valence-corrected chi connectivity index (χ1v) is 10.9. The predicted molar refractivity (Wildman–Crippen MR) is 111 cm³/mol. The summed E-state index contributed by atoms with van der Waals surface area (Å²) < 4.78 is 44.2. The number of methoxy groups -OCH3 is 1. The van der Waals surface area contributed by atoms with Crippen LogP contribution in [0.25, 0.3) is 11.0 Å². The van der Waals surface area contributed by atoms with Crippen LogP contribution in [0.1, 0.15) is 22.3 Å². The molecule has 31 heavy (non-hydrogen) atoms. The number of hydrogen-bond acceptors (Lipinski definition) is 6. The van der Waals surface area contributed by atoms with Gasteiger partial charge in [-0.15, -0.1) is 0 Å². The van der Waals surface area contributed by atoms with Gasteiger partial charge in [-0.2, -0.15) is 5.10 Å². The number of aromatic nitrogens is 3. The summed E-state index contributed by atoms with van der Waals surface area (Å²) in [6, 6.07) is 11.3. The van der Waals surface area contributed by atoms with Gasteiger partial charge in [0.1, 0.15) is 16.5 Å². The number of ketones is 1. The quantitative estimate of drug-likeness (QED) is 0.348. The number of benzene rings is 2. The molecule has 1 N–H and O–H groups in total. The van der Waals surface area contributed by atoms with E-state index in [-0.39, 0.29) is 27.7 Å². The molecule has 0 aliphatic rings. The largest absolute Gasteiger partial charge is 0.495 e. The van der Waals surface area contributed by atoms with Crippen LogP contribution in [0.2, 0.25) is 0 Å². The van der Waals surface area contributed by atoms with Gasteiger partial charge in [0.25, 0.3) is 0 Å². The molecular weight excluding hydrogens is 421 g/mol. The van der Waals surface area contributed by atoms with Gasteiger partial charge in [-0.25, -0.2) is 17.8 Å². The van der Waals surface area contributed by atoms with Gasteiger partial charge in [0.05, 0.1) is 18.2 Å². The molecule has 0 radical (unpaired) electrons. The van der Waals surface area contributed by atoms with Crippen LogP contribution in [-0.4, -0.2) is 36.5 Å². The van der Waals surface area contributed by atoms with Crippen LogP contribution in [-0.2, 0) is 16.3 Å². The van der Waals surface area contributed by atoms with E-state index in [0.29, 0.717) is 17.6 Å². The van der Waals surface area contributed by atoms with Crippen molar-refractivity contribution in [2.75, 3.05) is 7.11 Å². The molecule has 0 aliphatic heterocycles. The average Bonchev–Trinajstić information content (AvgIpc) is 3.25. The molecular formula is C22H18FN3O4S. The van der Waals surface area contributed by atoms with Crippen molar-refractivity contribution in [1.82, 2.24) is 15.2 Å². The Morgan fingerprint density at radius 2 is 1.87 bits per heavy atom. The van der Waals surface area contributed by atoms with Crippen LogP contribution in [0.4, 0.5) is 4.39 Å². The maximum absolute atomic E-state index is 13.4. The molecule has 4 rings (SSSR count). The van der Waals surface area contributed by atoms with Crippen LogP contribution >= 0.6 is 0 Å². The van der Waals surface area contributed by atoms with E-state index in [4.69, 9.17) is 4.74 Å². The number of aryl methyl sites for hydroxylation is 1. The number of hydrogen-bond donors (Lipinski definition) is 1. The van der Waals surface area contributed by atoms with Crippen molar-refractivity contribution in [2.24, 2.45) is 0 Å². The fraction of sp³-hybridized carbons (Fsp3) is 0.136. The zero-order valence-corrected chi connectivity index (χ0v) is 17.3. The van der Waals surface area contributed by atoms with Gasteiger partial charge >= 0.3 is 0 Å².